The van der Waals surface area contributed by atoms with Crippen LogP contribution < -0.4 is 14.4 Å². The lowest BCUT2D eigenvalue weighted by Crippen LogP contribution is -2.25. The van der Waals surface area contributed by atoms with Crippen LogP contribution in [0.25, 0.3) is 10.2 Å². The summed E-state index contributed by atoms with van der Waals surface area (Å²) in [6, 6.07) is 11.7. The molecule has 1 aromatic heterocycles. The van der Waals surface area contributed by atoms with Crippen molar-refractivity contribution in [2.75, 3.05) is 6.61 Å². The number of aromatic nitrogens is 1. The molecule has 226 valence electrons. The minimum Gasteiger partial charge on any atom is -0.494 e. The maximum atomic E-state index is 13.1. The Kier molecular flexibility index (Phi) is 13.7. The largest absolute Gasteiger partial charge is 0.494 e. The lowest BCUT2D eigenvalue weighted by Gasteiger charge is -2.11. The van der Waals surface area contributed by atoms with Gasteiger partial charge in [-0.1, -0.05) is 114 Å². The van der Waals surface area contributed by atoms with Crippen molar-refractivity contribution in [2.24, 2.45) is 12.1 Å². The number of aryl methyl sites for hydroxylation is 1. The van der Waals surface area contributed by atoms with Crippen molar-refractivity contribution in [2.45, 2.75) is 102 Å². The highest BCUT2D eigenvalue weighted by molar-refractivity contribution is 7.89. The zero-order valence-corrected chi connectivity index (χ0v) is 26.1. The summed E-state index contributed by atoms with van der Waals surface area (Å²) in [5.41, 5.74) is 0.581. The zero-order valence-electron chi connectivity index (χ0n) is 24.4. The molecule has 0 aliphatic rings. The number of ether oxygens (including phenoxy) is 1. The lowest BCUT2D eigenvalue weighted by molar-refractivity contribution is 0.0692. The molecule has 0 saturated heterocycles. The molecule has 0 atom stereocenters. The van der Waals surface area contributed by atoms with Gasteiger partial charge in [0.15, 0.2) is 0 Å². The number of unbranched alkanes of at least 4 members (excludes halogenated alkanes) is 13. The summed E-state index contributed by atoms with van der Waals surface area (Å²) in [5.74, 6) is -1.02. The monoisotopic (exact) mass is 603 g/mol. The van der Waals surface area contributed by atoms with Gasteiger partial charge in [0.1, 0.15) is 10.6 Å². The van der Waals surface area contributed by atoms with Crippen molar-refractivity contribution in [1.82, 2.24) is 9.40 Å². The summed E-state index contributed by atoms with van der Waals surface area (Å²) in [4.78, 5) is 14.0. The molecule has 0 saturated carbocycles. The molecule has 3 rings (SSSR count). The molecule has 0 unspecified atom stereocenters. The number of fused-ring (bicyclic) bond motifs is 1. The number of para-hydroxylation sites is 1. The molecule has 0 radical (unpaired) electrons. The fraction of sp³-hybridized carbons (Fsp3) is 0.548. The number of hydrogen-bond donors (Lipinski definition) is 2. The lowest BCUT2D eigenvalue weighted by atomic mass is 10.0. The van der Waals surface area contributed by atoms with Crippen LogP contribution in [0, 0.1) is 0 Å². The summed E-state index contributed by atoms with van der Waals surface area (Å²) in [6.45, 7) is 2.70. The summed E-state index contributed by atoms with van der Waals surface area (Å²) in [6.07, 6.45) is 17.7. The van der Waals surface area contributed by atoms with E-state index in [4.69, 9.17) is 4.74 Å². The number of nitrogens with zero attached hydrogens (tertiary/aromatic N) is 2. The Labute approximate surface area is 248 Å². The van der Waals surface area contributed by atoms with Crippen molar-refractivity contribution >= 4 is 37.5 Å². The Bertz CT molecular complexity index is 1410. The fourth-order valence-corrected chi connectivity index (χ4v) is 6.87. The number of sulfonamides is 1. The second-order valence-corrected chi connectivity index (χ2v) is 13.2. The summed E-state index contributed by atoms with van der Waals surface area (Å²) < 4.78 is 34.7. The Balaban J connectivity index is 1.44. The second kappa shape index (κ2) is 17.2. The van der Waals surface area contributed by atoms with E-state index in [1.165, 1.54) is 100 Å². The maximum absolute atomic E-state index is 13.1. The van der Waals surface area contributed by atoms with Gasteiger partial charge in [-0.25, -0.2) is 4.79 Å². The minimum absolute atomic E-state index is 0.317. The molecule has 2 aromatic carbocycles. The molecule has 0 aliphatic carbocycles. The topological polar surface area (TPSA) is 110 Å². The van der Waals surface area contributed by atoms with Crippen molar-refractivity contribution in [1.29, 1.82) is 0 Å². The van der Waals surface area contributed by atoms with E-state index in [2.05, 4.69) is 16.9 Å². The first-order valence-electron chi connectivity index (χ1n) is 14.9. The molecule has 0 amide bonds. The van der Waals surface area contributed by atoms with Gasteiger partial charge < -0.3 is 14.4 Å². The molecule has 0 aliphatic heterocycles. The number of nitrogens with one attached hydrogen (secondary N) is 1. The predicted molar refractivity (Wildman–Crippen MR) is 166 cm³/mol. The first kappa shape index (κ1) is 32.7. The van der Waals surface area contributed by atoms with Crippen LogP contribution in [0.15, 0.2) is 52.5 Å². The summed E-state index contributed by atoms with van der Waals surface area (Å²) >= 11 is 1.33. The Morgan fingerprint density at radius 3 is 2.07 bits per heavy atom. The van der Waals surface area contributed by atoms with E-state index < -0.39 is 16.0 Å². The number of hydrogen-bond acceptors (Lipinski definition) is 6. The number of benzene rings is 2. The zero-order chi connectivity index (χ0) is 29.5. The van der Waals surface area contributed by atoms with E-state index in [0.717, 1.165) is 29.5 Å². The Morgan fingerprint density at radius 2 is 1.49 bits per heavy atom. The summed E-state index contributed by atoms with van der Waals surface area (Å²) in [7, 11) is -2.46. The molecule has 10 heteroatoms. The standard InChI is InChI=1S/C31H45N3O5S2/c1-3-4-5-6-7-8-9-10-11-12-13-14-15-18-23-39-25-21-22-26(30(35)36)29(24-25)41(37,38)33-32-31-34(2)27-19-16-17-20-28(27)40-31/h16-17,19-22,24,33H,3-15,18,23H2,1-2H3,(H,35,36). The molecule has 0 spiro atoms. The minimum atomic E-state index is -4.25. The summed E-state index contributed by atoms with van der Waals surface area (Å²) in [5, 5.41) is 13.7. The number of thiazole rings is 1. The van der Waals surface area contributed by atoms with E-state index in [9.17, 15) is 18.3 Å². The van der Waals surface area contributed by atoms with E-state index in [1.807, 2.05) is 24.3 Å². The Morgan fingerprint density at radius 1 is 0.902 bits per heavy atom. The van der Waals surface area contributed by atoms with Crippen molar-refractivity contribution in [3.63, 3.8) is 0 Å². The van der Waals surface area contributed by atoms with Crippen LogP contribution in [0.2, 0.25) is 0 Å². The third-order valence-electron chi connectivity index (χ3n) is 7.22. The van der Waals surface area contributed by atoms with Crippen LogP contribution in [-0.2, 0) is 17.1 Å². The Hall–Kier alpha value is -2.85. The molecular weight excluding hydrogens is 558 g/mol. The van der Waals surface area contributed by atoms with Gasteiger partial charge in [0.25, 0.3) is 10.0 Å². The first-order valence-corrected chi connectivity index (χ1v) is 17.2. The molecule has 0 fully saturated rings. The van der Waals surface area contributed by atoms with E-state index >= 15 is 0 Å². The van der Waals surface area contributed by atoms with Gasteiger partial charge in [-0.05, 0) is 30.7 Å². The van der Waals surface area contributed by atoms with Crippen LogP contribution in [0.1, 0.15) is 107 Å². The predicted octanol–water partition coefficient (Wildman–Crippen LogP) is 7.59. The average molecular weight is 604 g/mol. The van der Waals surface area contributed by atoms with Crippen LogP contribution in [0.5, 0.6) is 5.75 Å². The van der Waals surface area contributed by atoms with Gasteiger partial charge in [-0.3, -0.25) is 0 Å². The second-order valence-electron chi connectivity index (χ2n) is 10.5. The van der Waals surface area contributed by atoms with E-state index in [-0.39, 0.29) is 10.5 Å². The quantitative estimate of drug-likeness (QED) is 0.102. The highest BCUT2D eigenvalue weighted by atomic mass is 32.2. The molecule has 0 bridgehead atoms. The highest BCUT2D eigenvalue weighted by Crippen LogP contribution is 2.23. The molecule has 3 aromatic rings. The molecule has 8 nitrogen and oxygen atoms in total. The third-order valence-corrected chi connectivity index (χ3v) is 9.58. The van der Waals surface area contributed by atoms with E-state index in [0.29, 0.717) is 17.2 Å². The van der Waals surface area contributed by atoms with Crippen LogP contribution in [-0.4, -0.2) is 30.7 Å². The number of carboxylic acids is 1. The number of carbonyl (C=O) groups is 1. The smallest absolute Gasteiger partial charge is 0.337 e. The van der Waals surface area contributed by atoms with Crippen LogP contribution in [0.3, 0.4) is 0 Å². The van der Waals surface area contributed by atoms with Crippen molar-refractivity contribution in [3.05, 3.63) is 52.8 Å². The number of aromatic carboxylic acids is 1. The highest BCUT2D eigenvalue weighted by Gasteiger charge is 2.23. The molecule has 41 heavy (non-hydrogen) atoms. The van der Waals surface area contributed by atoms with Gasteiger partial charge in [-0.15, -0.1) is 5.10 Å². The van der Waals surface area contributed by atoms with Gasteiger partial charge in [0.2, 0.25) is 4.80 Å². The fourth-order valence-electron chi connectivity index (χ4n) is 4.81. The van der Waals surface area contributed by atoms with Crippen molar-refractivity contribution < 1.29 is 23.1 Å². The SMILES string of the molecule is CCCCCCCCCCCCCCCCOc1ccc(C(=O)O)c(S(=O)(=O)NN=c2sc3ccccc3n2C)c1. The molecule has 1 heterocycles. The van der Waals surface area contributed by atoms with Crippen molar-refractivity contribution in [3.8, 4) is 5.75 Å². The average Bonchev–Trinajstić information content (AvgIpc) is 3.29. The van der Waals surface area contributed by atoms with Crippen LogP contribution >= 0.6 is 11.3 Å². The normalized spacial score (nSPS) is 12.2. The maximum Gasteiger partial charge on any atom is 0.337 e. The van der Waals surface area contributed by atoms with Gasteiger partial charge in [0, 0.05) is 13.1 Å². The molecule has 2 N–H and O–H groups in total. The third kappa shape index (κ3) is 10.5. The van der Waals surface area contributed by atoms with Gasteiger partial charge in [-0.2, -0.15) is 13.2 Å². The molecular formula is C31H45N3O5S2. The number of rotatable bonds is 20. The number of carboxylic acid groups (broad SMARTS) is 1. The van der Waals surface area contributed by atoms with E-state index in [1.54, 1.807) is 11.6 Å². The van der Waals surface area contributed by atoms with Gasteiger partial charge >= 0.3 is 5.97 Å². The van der Waals surface area contributed by atoms with Crippen LogP contribution in [0.4, 0.5) is 0 Å². The van der Waals surface area contributed by atoms with Gasteiger partial charge in [0.05, 0.1) is 22.4 Å². The first-order chi connectivity index (χ1) is 19.8.